The summed E-state index contributed by atoms with van der Waals surface area (Å²) >= 11 is 0. The molecule has 3 aliphatic heterocycles. The Morgan fingerprint density at radius 1 is 1.38 bits per heavy atom. The van der Waals surface area contributed by atoms with Crippen molar-refractivity contribution in [3.05, 3.63) is 46.3 Å². The summed E-state index contributed by atoms with van der Waals surface area (Å²) in [7, 11) is 1.82. The van der Waals surface area contributed by atoms with Gasteiger partial charge in [-0.05, 0) is 41.7 Å². The molecule has 0 aromatic heterocycles. The highest BCUT2D eigenvalue weighted by molar-refractivity contribution is 6.10. The molecule has 0 saturated carbocycles. The van der Waals surface area contributed by atoms with Crippen molar-refractivity contribution in [1.29, 1.82) is 10.7 Å². The maximum Gasteiger partial charge on any atom is 0.219 e. The van der Waals surface area contributed by atoms with E-state index >= 15 is 0 Å². The molecule has 1 unspecified atom stereocenters. The minimum absolute atomic E-state index is 0.00853. The Morgan fingerprint density at radius 3 is 2.85 bits per heavy atom. The van der Waals surface area contributed by atoms with Gasteiger partial charge in [0.2, 0.25) is 5.91 Å². The van der Waals surface area contributed by atoms with E-state index in [-0.39, 0.29) is 11.9 Å². The molecule has 9 heteroatoms. The zero-order chi connectivity index (χ0) is 24.2. The molecule has 34 heavy (non-hydrogen) atoms. The zero-order valence-electron chi connectivity index (χ0n) is 19.9. The number of benzene rings is 1. The number of hydrogen-bond donors (Lipinski definition) is 4. The van der Waals surface area contributed by atoms with Gasteiger partial charge in [0.05, 0.1) is 30.8 Å². The van der Waals surface area contributed by atoms with Crippen LogP contribution in [0.25, 0.3) is 5.57 Å². The van der Waals surface area contributed by atoms with Gasteiger partial charge in [-0.2, -0.15) is 5.26 Å². The third-order valence-corrected chi connectivity index (χ3v) is 6.79. The van der Waals surface area contributed by atoms with Gasteiger partial charge in [0.1, 0.15) is 5.84 Å². The fraction of sp³-hybridized carbons (Fsp3) is 0.480. The fourth-order valence-corrected chi connectivity index (χ4v) is 4.92. The molecule has 0 radical (unpaired) electrons. The van der Waals surface area contributed by atoms with E-state index in [1.807, 2.05) is 30.3 Å². The molecule has 4 rings (SSSR count). The molecule has 1 aromatic rings. The first kappa shape index (κ1) is 23.8. The van der Waals surface area contributed by atoms with Gasteiger partial charge in [-0.15, -0.1) is 0 Å². The topological polar surface area (TPSA) is 130 Å². The molecule has 9 nitrogen and oxygen atoms in total. The van der Waals surface area contributed by atoms with Crippen molar-refractivity contribution in [3.63, 3.8) is 0 Å². The van der Waals surface area contributed by atoms with Gasteiger partial charge in [0.15, 0.2) is 0 Å². The van der Waals surface area contributed by atoms with Gasteiger partial charge in [-0.1, -0.05) is 0 Å². The summed E-state index contributed by atoms with van der Waals surface area (Å²) in [4.78, 5) is 15.9. The first-order valence-electron chi connectivity index (χ1n) is 11.8. The molecule has 0 spiro atoms. The van der Waals surface area contributed by atoms with Crippen molar-refractivity contribution < 1.29 is 9.53 Å². The molecule has 1 saturated heterocycles. The summed E-state index contributed by atoms with van der Waals surface area (Å²) in [6.45, 7) is 4.94. The van der Waals surface area contributed by atoms with Crippen molar-refractivity contribution >= 4 is 23.0 Å². The number of nitrogens with two attached hydrogens (primary N) is 1. The maximum absolute atomic E-state index is 12.2. The first-order chi connectivity index (χ1) is 16.5. The van der Waals surface area contributed by atoms with E-state index in [2.05, 4.69) is 16.7 Å². The van der Waals surface area contributed by atoms with E-state index in [0.29, 0.717) is 57.0 Å². The second kappa shape index (κ2) is 10.3. The van der Waals surface area contributed by atoms with Crippen LogP contribution in [0.4, 0.5) is 5.69 Å². The quantitative estimate of drug-likeness (QED) is 0.369. The first-order valence-corrected chi connectivity index (χ1v) is 11.8. The van der Waals surface area contributed by atoms with Crippen molar-refractivity contribution in [2.24, 2.45) is 5.73 Å². The van der Waals surface area contributed by atoms with E-state index in [9.17, 15) is 15.5 Å². The number of fused-ring (bicyclic) bond motifs is 1. The molecule has 1 aromatic carbocycles. The van der Waals surface area contributed by atoms with Crippen LogP contribution in [0, 0.1) is 16.7 Å². The Hall–Kier alpha value is -3.35. The number of carbonyl (C=O) groups excluding carboxylic acids is 1. The molecule has 1 atom stereocenters. The van der Waals surface area contributed by atoms with Crippen LogP contribution in [0.1, 0.15) is 36.5 Å². The predicted molar refractivity (Wildman–Crippen MR) is 132 cm³/mol. The average molecular weight is 464 g/mol. The largest absolute Gasteiger partial charge is 0.394 e. The number of anilines is 1. The monoisotopic (exact) mass is 463 g/mol. The van der Waals surface area contributed by atoms with Crippen LogP contribution >= 0.6 is 0 Å². The number of nitrogens with one attached hydrogen (secondary N) is 3. The lowest BCUT2D eigenvalue weighted by atomic mass is 9.97. The van der Waals surface area contributed by atoms with Crippen LogP contribution in [0.2, 0.25) is 0 Å². The van der Waals surface area contributed by atoms with Crippen LogP contribution in [-0.2, 0) is 16.0 Å². The number of hydrogen-bond acceptors (Lipinski definition) is 7. The number of ether oxygens (including phenoxy) is 1. The van der Waals surface area contributed by atoms with Crippen LogP contribution in [0.5, 0.6) is 0 Å². The van der Waals surface area contributed by atoms with Gasteiger partial charge < -0.3 is 30.9 Å². The lowest BCUT2D eigenvalue weighted by molar-refractivity contribution is -0.128. The zero-order valence-corrected chi connectivity index (χ0v) is 19.9. The van der Waals surface area contributed by atoms with Crippen LogP contribution in [0.15, 0.2) is 29.6 Å². The third kappa shape index (κ3) is 4.65. The Kier molecular flexibility index (Phi) is 7.20. The number of nitrogens with zero attached hydrogens (tertiary/aromatic N) is 3. The van der Waals surface area contributed by atoms with Crippen molar-refractivity contribution in [2.75, 3.05) is 51.3 Å². The number of amides is 1. The number of nitriles is 1. The smallest absolute Gasteiger partial charge is 0.219 e. The summed E-state index contributed by atoms with van der Waals surface area (Å²) in [6, 6.07) is 6.46. The highest BCUT2D eigenvalue weighted by atomic mass is 16.5. The van der Waals surface area contributed by atoms with Crippen LogP contribution in [0.3, 0.4) is 0 Å². The molecule has 3 heterocycles. The second-order valence-electron chi connectivity index (χ2n) is 8.90. The SMILES string of the molecule is CN/C=C(\CN)c1cc(C#N)c2c(c1)N(C(=N)C1=C(NC3CCOC3)CCN(C(C)=O)C1)CC2. The summed E-state index contributed by atoms with van der Waals surface area (Å²) in [6.07, 6.45) is 4.15. The molecular weight excluding hydrogens is 430 g/mol. The summed E-state index contributed by atoms with van der Waals surface area (Å²) in [5.41, 5.74) is 12.0. The molecule has 180 valence electrons. The van der Waals surface area contributed by atoms with Crippen molar-refractivity contribution in [1.82, 2.24) is 15.5 Å². The summed E-state index contributed by atoms with van der Waals surface area (Å²) in [5, 5.41) is 25.6. The Bertz CT molecular complexity index is 1080. The molecule has 0 bridgehead atoms. The third-order valence-electron chi connectivity index (χ3n) is 6.79. The highest BCUT2D eigenvalue weighted by Gasteiger charge is 2.32. The minimum atomic E-state index is 0.00853. The van der Waals surface area contributed by atoms with Gasteiger partial charge in [0.25, 0.3) is 0 Å². The predicted octanol–water partition coefficient (Wildman–Crippen LogP) is 1.30. The average Bonchev–Trinajstić information content (AvgIpc) is 3.51. The summed E-state index contributed by atoms with van der Waals surface area (Å²) in [5.74, 6) is 0.383. The van der Waals surface area contributed by atoms with E-state index in [1.165, 1.54) is 0 Å². The molecule has 1 amide bonds. The van der Waals surface area contributed by atoms with Crippen molar-refractivity contribution in [3.8, 4) is 6.07 Å². The number of rotatable bonds is 6. The highest BCUT2D eigenvalue weighted by Crippen LogP contribution is 2.36. The molecule has 3 aliphatic rings. The standard InChI is InChI=1S/C25H33N7O2/c1-16(33)31-6-4-23(30-20-5-8-34-15-20)22(14-31)25(28)32-7-3-21-18(11-26)9-17(10-24(21)32)19(12-27)13-29-2/h9-10,13,20,28-30H,3-8,12,14-15,27H2,1-2H3/b19-13+,28-25?. The fourth-order valence-electron chi connectivity index (χ4n) is 4.92. The Balaban J connectivity index is 1.72. The molecule has 0 aliphatic carbocycles. The molecular formula is C25H33N7O2. The van der Waals surface area contributed by atoms with Gasteiger partial charge in [-0.3, -0.25) is 10.2 Å². The van der Waals surface area contributed by atoms with Crippen LogP contribution in [-0.4, -0.2) is 69.1 Å². The van der Waals surface area contributed by atoms with Gasteiger partial charge >= 0.3 is 0 Å². The van der Waals surface area contributed by atoms with E-state index in [1.54, 1.807) is 11.8 Å². The normalized spacial score (nSPS) is 20.3. The van der Waals surface area contributed by atoms with E-state index in [4.69, 9.17) is 10.5 Å². The van der Waals surface area contributed by atoms with Gasteiger partial charge in [0, 0.05) is 69.8 Å². The van der Waals surface area contributed by atoms with E-state index in [0.717, 1.165) is 46.7 Å². The lowest BCUT2D eigenvalue weighted by Crippen LogP contribution is -2.44. The number of amidine groups is 1. The minimum Gasteiger partial charge on any atom is -0.394 e. The molecule has 5 N–H and O–H groups in total. The van der Waals surface area contributed by atoms with E-state index < -0.39 is 0 Å². The lowest BCUT2D eigenvalue weighted by Gasteiger charge is -2.34. The second-order valence-corrected chi connectivity index (χ2v) is 8.90. The van der Waals surface area contributed by atoms with Crippen molar-refractivity contribution in [2.45, 2.75) is 32.2 Å². The number of carbonyl (C=O) groups is 1. The molecule has 1 fully saturated rings. The van der Waals surface area contributed by atoms with Gasteiger partial charge in [-0.25, -0.2) is 0 Å². The summed E-state index contributed by atoms with van der Waals surface area (Å²) < 4.78 is 5.53. The Labute approximate surface area is 200 Å². The maximum atomic E-state index is 12.2. The van der Waals surface area contributed by atoms with Crippen LogP contribution < -0.4 is 21.3 Å². The Morgan fingerprint density at radius 2 is 2.21 bits per heavy atom.